The lowest BCUT2D eigenvalue weighted by molar-refractivity contribution is -0.145. The summed E-state index contributed by atoms with van der Waals surface area (Å²) in [6, 6.07) is 0. The molecule has 0 N–H and O–H groups in total. The first kappa shape index (κ1) is 14.6. The van der Waals surface area contributed by atoms with E-state index in [0.717, 1.165) is 12.3 Å². The second kappa shape index (κ2) is 4.96. The van der Waals surface area contributed by atoms with E-state index in [9.17, 15) is 4.79 Å². The third kappa shape index (κ3) is 2.23. The topological polar surface area (TPSA) is 26.3 Å². The van der Waals surface area contributed by atoms with Crippen LogP contribution in [0.4, 0.5) is 0 Å². The van der Waals surface area contributed by atoms with Crippen LogP contribution in [0.3, 0.4) is 0 Å². The molecule has 0 spiro atoms. The number of fused-ring (bicyclic) bond motifs is 3. The molecule has 1 aliphatic heterocycles. The highest BCUT2D eigenvalue weighted by atomic mass is 16.5. The van der Waals surface area contributed by atoms with Crippen molar-refractivity contribution in [3.05, 3.63) is 13.2 Å². The van der Waals surface area contributed by atoms with Crippen LogP contribution in [0.5, 0.6) is 0 Å². The Balaban J connectivity index is 0.000000639. The van der Waals surface area contributed by atoms with Gasteiger partial charge in [0, 0.05) is 7.34 Å². The first-order valence-electron chi connectivity index (χ1n) is 7.63. The lowest BCUT2D eigenvalue weighted by Gasteiger charge is -2.57. The van der Waals surface area contributed by atoms with Gasteiger partial charge in [-0.15, -0.1) is 13.2 Å². The van der Waals surface area contributed by atoms with Crippen LogP contribution in [0.15, 0.2) is 13.2 Å². The molecule has 2 nitrogen and oxygen atoms in total. The van der Waals surface area contributed by atoms with E-state index in [-0.39, 0.29) is 13.5 Å². The number of hydrogen-bond donors (Lipinski definition) is 0. The largest absolute Gasteiger partial charge is 0.462 e. The van der Waals surface area contributed by atoms with Crippen molar-refractivity contribution in [2.75, 3.05) is 0 Å². The predicted molar refractivity (Wildman–Crippen MR) is 79.8 cm³/mol. The van der Waals surface area contributed by atoms with Gasteiger partial charge < -0.3 is 4.74 Å². The first-order chi connectivity index (χ1) is 8.93. The van der Waals surface area contributed by atoms with E-state index in [1.165, 1.54) is 25.7 Å². The summed E-state index contributed by atoms with van der Waals surface area (Å²) in [5.74, 6) is 1.32. The number of rotatable bonds is 0. The molecule has 3 fully saturated rings. The molecule has 0 radical (unpaired) electrons. The SMILES string of the molecule is C=C.CC1(C)CCCC2(C)C3CC(=O)OC3CCC12.[HH]. The van der Waals surface area contributed by atoms with Crippen LogP contribution >= 0.6 is 0 Å². The van der Waals surface area contributed by atoms with Crippen molar-refractivity contribution < 1.29 is 11.0 Å². The molecule has 1 heterocycles. The Labute approximate surface area is 119 Å². The van der Waals surface area contributed by atoms with E-state index in [1.54, 1.807) is 0 Å². The van der Waals surface area contributed by atoms with E-state index in [4.69, 9.17) is 4.74 Å². The molecule has 110 valence electrons. The quantitative estimate of drug-likeness (QED) is 0.473. The van der Waals surface area contributed by atoms with Gasteiger partial charge in [-0.1, -0.05) is 27.2 Å². The molecule has 0 bridgehead atoms. The summed E-state index contributed by atoms with van der Waals surface area (Å²) in [6.45, 7) is 13.3. The summed E-state index contributed by atoms with van der Waals surface area (Å²) in [6.07, 6.45) is 7.21. The fourth-order valence-electron chi connectivity index (χ4n) is 5.19. The summed E-state index contributed by atoms with van der Waals surface area (Å²) < 4.78 is 5.51. The predicted octanol–water partition coefficient (Wildman–Crippen LogP) is 4.59. The molecular formula is C17H30O2. The summed E-state index contributed by atoms with van der Waals surface area (Å²) >= 11 is 0. The first-order valence-corrected chi connectivity index (χ1v) is 7.63. The Bertz CT molecular complexity index is 366. The molecule has 0 aromatic heterocycles. The summed E-state index contributed by atoms with van der Waals surface area (Å²) in [7, 11) is 0. The molecular weight excluding hydrogens is 236 g/mol. The second-order valence-corrected chi connectivity index (χ2v) is 7.32. The third-order valence-electron chi connectivity index (χ3n) is 5.98. The molecule has 3 rings (SSSR count). The van der Waals surface area contributed by atoms with Gasteiger partial charge in [-0.2, -0.15) is 0 Å². The lowest BCUT2D eigenvalue weighted by atomic mass is 9.48. The highest BCUT2D eigenvalue weighted by Gasteiger charge is 2.57. The summed E-state index contributed by atoms with van der Waals surface area (Å²) in [4.78, 5) is 11.6. The van der Waals surface area contributed by atoms with Gasteiger partial charge in [-0.25, -0.2) is 0 Å². The summed E-state index contributed by atoms with van der Waals surface area (Å²) in [5.41, 5.74) is 0.792. The molecule has 2 aliphatic carbocycles. The van der Waals surface area contributed by atoms with Crippen LogP contribution in [0, 0.1) is 22.7 Å². The van der Waals surface area contributed by atoms with Crippen LogP contribution in [-0.4, -0.2) is 12.1 Å². The van der Waals surface area contributed by atoms with Gasteiger partial charge in [0.25, 0.3) is 0 Å². The van der Waals surface area contributed by atoms with E-state index in [2.05, 4.69) is 33.9 Å². The normalized spacial score (nSPS) is 43.3. The average Bonchev–Trinajstić information content (AvgIpc) is 2.73. The van der Waals surface area contributed by atoms with Crippen molar-refractivity contribution in [2.24, 2.45) is 22.7 Å². The van der Waals surface area contributed by atoms with E-state index >= 15 is 0 Å². The van der Waals surface area contributed by atoms with Crippen LogP contribution in [0.2, 0.25) is 0 Å². The third-order valence-corrected chi connectivity index (χ3v) is 5.98. The maximum atomic E-state index is 11.6. The molecule has 1 saturated heterocycles. The van der Waals surface area contributed by atoms with Gasteiger partial charge in [0.15, 0.2) is 0 Å². The maximum Gasteiger partial charge on any atom is 0.306 e. The molecule has 0 aromatic rings. The second-order valence-electron chi connectivity index (χ2n) is 7.32. The Morgan fingerprint density at radius 3 is 2.58 bits per heavy atom. The van der Waals surface area contributed by atoms with Crippen molar-refractivity contribution >= 4 is 5.97 Å². The maximum absolute atomic E-state index is 11.6. The fraction of sp³-hybridized carbons (Fsp3) is 0.824. The molecule has 0 amide bonds. The van der Waals surface area contributed by atoms with Crippen molar-refractivity contribution in [3.63, 3.8) is 0 Å². The zero-order chi connectivity index (χ0) is 14.3. The number of esters is 1. The molecule has 4 unspecified atom stereocenters. The van der Waals surface area contributed by atoms with Gasteiger partial charge in [0.05, 0.1) is 6.42 Å². The minimum absolute atomic E-state index is 0. The molecule has 19 heavy (non-hydrogen) atoms. The van der Waals surface area contributed by atoms with E-state index < -0.39 is 0 Å². The van der Waals surface area contributed by atoms with Crippen molar-refractivity contribution in [2.45, 2.75) is 65.4 Å². The Morgan fingerprint density at radius 1 is 1.21 bits per heavy atom. The highest BCUT2D eigenvalue weighted by molar-refractivity contribution is 5.72. The molecule has 2 saturated carbocycles. The monoisotopic (exact) mass is 266 g/mol. The van der Waals surface area contributed by atoms with Gasteiger partial charge in [0.2, 0.25) is 0 Å². The zero-order valence-electron chi connectivity index (χ0n) is 12.7. The Kier molecular flexibility index (Phi) is 3.81. The molecule has 4 atom stereocenters. The lowest BCUT2D eigenvalue weighted by Crippen LogP contribution is -2.51. The molecule has 0 aromatic carbocycles. The van der Waals surface area contributed by atoms with Crippen LogP contribution < -0.4 is 0 Å². The van der Waals surface area contributed by atoms with Crippen molar-refractivity contribution in [1.82, 2.24) is 0 Å². The number of carbonyl (C=O) groups excluding carboxylic acids is 1. The zero-order valence-corrected chi connectivity index (χ0v) is 12.7. The van der Waals surface area contributed by atoms with Crippen LogP contribution in [0.1, 0.15) is 60.7 Å². The summed E-state index contributed by atoms with van der Waals surface area (Å²) in [5, 5.41) is 0. The van der Waals surface area contributed by atoms with Crippen molar-refractivity contribution in [3.8, 4) is 0 Å². The van der Waals surface area contributed by atoms with E-state index in [1.807, 2.05) is 0 Å². The highest BCUT2D eigenvalue weighted by Crippen LogP contribution is 2.62. The van der Waals surface area contributed by atoms with Gasteiger partial charge >= 0.3 is 5.97 Å². The van der Waals surface area contributed by atoms with Crippen LogP contribution in [-0.2, 0) is 9.53 Å². The van der Waals surface area contributed by atoms with Gasteiger partial charge in [-0.05, 0) is 42.4 Å². The number of hydrogen-bond acceptors (Lipinski definition) is 2. The minimum atomic E-state index is 0. The van der Waals surface area contributed by atoms with Gasteiger partial charge in [-0.3, -0.25) is 4.79 Å². The van der Waals surface area contributed by atoms with Crippen LogP contribution in [0.25, 0.3) is 0 Å². The average molecular weight is 266 g/mol. The molecule has 2 heteroatoms. The smallest absolute Gasteiger partial charge is 0.306 e. The molecule has 3 aliphatic rings. The Hall–Kier alpha value is -0.790. The fourth-order valence-corrected chi connectivity index (χ4v) is 5.19. The van der Waals surface area contributed by atoms with Crippen molar-refractivity contribution in [1.29, 1.82) is 0 Å². The number of carbonyl (C=O) groups is 1. The van der Waals surface area contributed by atoms with E-state index in [0.29, 0.717) is 23.2 Å². The van der Waals surface area contributed by atoms with Gasteiger partial charge in [0.1, 0.15) is 6.10 Å². The number of ether oxygens (including phenoxy) is 1. The minimum Gasteiger partial charge on any atom is -0.462 e. The Morgan fingerprint density at radius 2 is 1.89 bits per heavy atom. The standard InChI is InChI=1S/C15H24O2.C2H4.H2/c1-14(2)7-4-8-15(3)10-9-13(16)17-11(10)5-6-12(14)15;1-2;/h10-12H,4-9H2,1-3H3;1-2H2;1H.